The van der Waals surface area contributed by atoms with Crippen molar-refractivity contribution in [3.63, 3.8) is 0 Å². The van der Waals surface area contributed by atoms with Crippen LogP contribution in [0.25, 0.3) is 0 Å². The summed E-state index contributed by atoms with van der Waals surface area (Å²) in [7, 11) is 0. The molecule has 0 aliphatic carbocycles. The molecule has 0 saturated heterocycles. The highest BCUT2D eigenvalue weighted by atomic mass is 19.1. The summed E-state index contributed by atoms with van der Waals surface area (Å²) >= 11 is 0. The van der Waals surface area contributed by atoms with Crippen LogP contribution in [0.1, 0.15) is 17.3 Å². The third-order valence-electron chi connectivity index (χ3n) is 1.99. The van der Waals surface area contributed by atoms with E-state index >= 15 is 0 Å². The third-order valence-corrected chi connectivity index (χ3v) is 1.99. The quantitative estimate of drug-likeness (QED) is 0.457. The fourth-order valence-electron chi connectivity index (χ4n) is 1.10. The summed E-state index contributed by atoms with van der Waals surface area (Å²) < 4.78 is 22.6. The van der Waals surface area contributed by atoms with Crippen molar-refractivity contribution in [2.24, 2.45) is 0 Å². The first-order valence-electron chi connectivity index (χ1n) is 5.26. The lowest BCUT2D eigenvalue weighted by Gasteiger charge is -2.06. The minimum atomic E-state index is -0.792. The molecule has 0 unspecified atom stereocenters. The van der Waals surface area contributed by atoms with E-state index in [-0.39, 0.29) is 24.4 Å². The van der Waals surface area contributed by atoms with Crippen molar-refractivity contribution >= 4 is 11.9 Å². The number of rotatable bonds is 5. The Kier molecular flexibility index (Phi) is 5.05. The first-order valence-corrected chi connectivity index (χ1v) is 5.26. The minimum absolute atomic E-state index is 0.0914. The number of benzene rings is 1. The number of hydrogen-bond donors (Lipinski definition) is 0. The maximum atomic E-state index is 13.2. The van der Waals surface area contributed by atoms with Crippen LogP contribution in [0, 0.1) is 5.82 Å². The zero-order chi connectivity index (χ0) is 13.5. The number of ether oxygens (including phenoxy) is 2. The molecule has 0 saturated carbocycles. The van der Waals surface area contributed by atoms with E-state index in [2.05, 4.69) is 6.58 Å². The van der Waals surface area contributed by atoms with Gasteiger partial charge in [-0.2, -0.15) is 0 Å². The summed E-state index contributed by atoms with van der Waals surface area (Å²) in [5, 5.41) is 0. The molecule has 1 rings (SSSR count). The molecule has 0 aliphatic rings. The van der Waals surface area contributed by atoms with Crippen LogP contribution in [0.2, 0.25) is 0 Å². The van der Waals surface area contributed by atoms with E-state index in [4.69, 9.17) is 9.47 Å². The van der Waals surface area contributed by atoms with E-state index in [9.17, 15) is 14.0 Å². The van der Waals surface area contributed by atoms with Gasteiger partial charge in [-0.05, 0) is 19.1 Å². The molecule has 0 spiro atoms. The van der Waals surface area contributed by atoms with Gasteiger partial charge in [0.25, 0.3) is 0 Å². The standard InChI is InChI=1S/C13H13FO4/c1-9(2)12(15)17-7-8-18-13(16)10-5-3-4-6-11(10)14/h3-6H,1,7-8H2,2H3. The van der Waals surface area contributed by atoms with Gasteiger partial charge in [0.15, 0.2) is 0 Å². The molecule has 5 heteroatoms. The van der Waals surface area contributed by atoms with E-state index in [1.807, 2.05) is 0 Å². The number of carbonyl (C=O) groups is 2. The summed E-state index contributed by atoms with van der Waals surface area (Å²) in [6, 6.07) is 5.48. The largest absolute Gasteiger partial charge is 0.459 e. The molecule has 0 aliphatic heterocycles. The number of esters is 2. The molecule has 1 aromatic rings. The van der Waals surface area contributed by atoms with Gasteiger partial charge in [0.2, 0.25) is 0 Å². The van der Waals surface area contributed by atoms with E-state index in [1.165, 1.54) is 25.1 Å². The van der Waals surface area contributed by atoms with Gasteiger partial charge >= 0.3 is 11.9 Å². The summed E-state index contributed by atoms with van der Waals surface area (Å²) in [4.78, 5) is 22.4. The van der Waals surface area contributed by atoms with Crippen molar-refractivity contribution in [2.45, 2.75) is 6.92 Å². The topological polar surface area (TPSA) is 52.6 Å². The van der Waals surface area contributed by atoms with Crippen molar-refractivity contribution in [2.75, 3.05) is 13.2 Å². The van der Waals surface area contributed by atoms with Gasteiger partial charge in [0, 0.05) is 5.57 Å². The van der Waals surface area contributed by atoms with Crippen LogP contribution in [0.3, 0.4) is 0 Å². The Balaban J connectivity index is 2.37. The van der Waals surface area contributed by atoms with Crippen LogP contribution in [0.5, 0.6) is 0 Å². The van der Waals surface area contributed by atoms with Gasteiger partial charge in [-0.3, -0.25) is 0 Å². The molecule has 0 N–H and O–H groups in total. The Morgan fingerprint density at radius 2 is 1.83 bits per heavy atom. The van der Waals surface area contributed by atoms with Gasteiger partial charge in [0.05, 0.1) is 5.56 Å². The highest BCUT2D eigenvalue weighted by Crippen LogP contribution is 2.07. The van der Waals surface area contributed by atoms with E-state index in [1.54, 1.807) is 0 Å². The highest BCUT2D eigenvalue weighted by Gasteiger charge is 2.12. The Labute approximate surface area is 104 Å². The molecule has 1 aromatic carbocycles. The molecule has 0 amide bonds. The Morgan fingerprint density at radius 1 is 1.22 bits per heavy atom. The lowest BCUT2D eigenvalue weighted by atomic mass is 10.2. The molecule has 0 atom stereocenters. The molecule has 0 aromatic heterocycles. The molecule has 0 radical (unpaired) electrons. The predicted octanol–water partition coefficient (Wildman–Crippen LogP) is 2.10. The predicted molar refractivity (Wildman–Crippen MR) is 62.5 cm³/mol. The first-order chi connectivity index (χ1) is 8.52. The van der Waals surface area contributed by atoms with Crippen LogP contribution in [-0.2, 0) is 14.3 Å². The second-order valence-corrected chi connectivity index (χ2v) is 3.53. The fraction of sp³-hybridized carbons (Fsp3) is 0.231. The SMILES string of the molecule is C=C(C)C(=O)OCCOC(=O)c1ccccc1F. The lowest BCUT2D eigenvalue weighted by Crippen LogP contribution is -2.15. The van der Waals surface area contributed by atoms with Gasteiger partial charge in [0.1, 0.15) is 19.0 Å². The molecular weight excluding hydrogens is 239 g/mol. The molecule has 0 heterocycles. The second-order valence-electron chi connectivity index (χ2n) is 3.53. The zero-order valence-corrected chi connectivity index (χ0v) is 9.94. The smallest absolute Gasteiger partial charge is 0.341 e. The molecule has 4 nitrogen and oxygen atoms in total. The monoisotopic (exact) mass is 252 g/mol. The van der Waals surface area contributed by atoms with Crippen LogP contribution >= 0.6 is 0 Å². The normalized spacial score (nSPS) is 9.67. The number of halogens is 1. The van der Waals surface area contributed by atoms with Crippen molar-refractivity contribution in [1.82, 2.24) is 0 Å². The van der Waals surface area contributed by atoms with E-state index in [0.29, 0.717) is 0 Å². The maximum Gasteiger partial charge on any atom is 0.341 e. The molecule has 0 bridgehead atoms. The molecular formula is C13H13FO4. The van der Waals surface area contributed by atoms with Gasteiger partial charge in [-0.15, -0.1) is 0 Å². The maximum absolute atomic E-state index is 13.2. The lowest BCUT2D eigenvalue weighted by molar-refractivity contribution is -0.140. The Bertz CT molecular complexity index is 468. The van der Waals surface area contributed by atoms with Gasteiger partial charge < -0.3 is 9.47 Å². The summed E-state index contributed by atoms with van der Waals surface area (Å²) in [6.07, 6.45) is 0. The summed E-state index contributed by atoms with van der Waals surface area (Å²) in [5.74, 6) is -2.00. The minimum Gasteiger partial charge on any atom is -0.459 e. The highest BCUT2D eigenvalue weighted by molar-refractivity contribution is 5.89. The average Bonchev–Trinajstić information content (AvgIpc) is 2.34. The van der Waals surface area contributed by atoms with Crippen LogP contribution in [0.4, 0.5) is 4.39 Å². The number of hydrogen-bond acceptors (Lipinski definition) is 4. The van der Waals surface area contributed by atoms with Crippen LogP contribution < -0.4 is 0 Å². The number of carbonyl (C=O) groups excluding carboxylic acids is 2. The average molecular weight is 252 g/mol. The van der Waals surface area contributed by atoms with Crippen LogP contribution in [0.15, 0.2) is 36.4 Å². The zero-order valence-electron chi connectivity index (χ0n) is 9.94. The summed E-state index contributed by atoms with van der Waals surface area (Å²) in [5.41, 5.74) is 0.110. The van der Waals surface area contributed by atoms with Gasteiger partial charge in [-0.1, -0.05) is 18.7 Å². The third kappa shape index (κ3) is 4.01. The second kappa shape index (κ2) is 6.54. The van der Waals surface area contributed by atoms with Crippen LogP contribution in [-0.4, -0.2) is 25.2 Å². The fourth-order valence-corrected chi connectivity index (χ4v) is 1.10. The molecule has 0 fully saturated rings. The Hall–Kier alpha value is -2.17. The van der Waals surface area contributed by atoms with E-state index < -0.39 is 17.8 Å². The summed E-state index contributed by atoms with van der Waals surface area (Å²) in [6.45, 7) is 4.68. The molecule has 96 valence electrons. The van der Waals surface area contributed by atoms with Crippen molar-refractivity contribution in [1.29, 1.82) is 0 Å². The van der Waals surface area contributed by atoms with Gasteiger partial charge in [-0.25, -0.2) is 14.0 Å². The first kappa shape index (κ1) is 13.9. The molecule has 18 heavy (non-hydrogen) atoms. The van der Waals surface area contributed by atoms with E-state index in [0.717, 1.165) is 6.07 Å². The van der Waals surface area contributed by atoms with Crippen molar-refractivity contribution in [3.8, 4) is 0 Å². The van der Waals surface area contributed by atoms with Crippen molar-refractivity contribution in [3.05, 3.63) is 47.8 Å². The van der Waals surface area contributed by atoms with Crippen molar-refractivity contribution < 1.29 is 23.5 Å². The Morgan fingerprint density at radius 3 is 2.44 bits per heavy atom.